The van der Waals surface area contributed by atoms with Crippen molar-refractivity contribution in [1.29, 1.82) is 0 Å². The second-order valence-corrected chi connectivity index (χ2v) is 7.30. The quantitative estimate of drug-likeness (QED) is 0.736. The summed E-state index contributed by atoms with van der Waals surface area (Å²) >= 11 is 9.58. The first kappa shape index (κ1) is 15.8. The average Bonchev–Trinajstić information content (AvgIpc) is 3.24. The van der Waals surface area contributed by atoms with Gasteiger partial charge in [0.2, 0.25) is 6.79 Å². The predicted molar refractivity (Wildman–Crippen MR) is 95.0 cm³/mol. The Morgan fingerprint density at radius 2 is 2.00 bits per heavy atom. The summed E-state index contributed by atoms with van der Waals surface area (Å²) < 4.78 is 11.6. The number of hydrogen-bond acceptors (Lipinski definition) is 3. The number of halogens is 2. The van der Waals surface area contributed by atoms with E-state index in [0.29, 0.717) is 23.0 Å². The molecule has 24 heavy (non-hydrogen) atoms. The van der Waals surface area contributed by atoms with E-state index in [-0.39, 0.29) is 12.7 Å². The Morgan fingerprint density at radius 1 is 1.17 bits per heavy atom. The number of hydrogen-bond donors (Lipinski definition) is 0. The van der Waals surface area contributed by atoms with E-state index in [1.54, 1.807) is 12.1 Å². The first-order chi connectivity index (χ1) is 11.6. The van der Waals surface area contributed by atoms with Crippen LogP contribution in [0.3, 0.4) is 0 Å². The lowest BCUT2D eigenvalue weighted by atomic mass is 9.98. The molecule has 2 aromatic carbocycles. The number of rotatable bonds is 2. The largest absolute Gasteiger partial charge is 0.454 e. The zero-order valence-electron chi connectivity index (χ0n) is 12.8. The molecule has 0 aromatic heterocycles. The summed E-state index contributed by atoms with van der Waals surface area (Å²) in [6.07, 6.45) is 0.928. The second-order valence-electron chi connectivity index (χ2n) is 5.97. The van der Waals surface area contributed by atoms with Crippen molar-refractivity contribution in [2.24, 2.45) is 0 Å². The van der Waals surface area contributed by atoms with Gasteiger partial charge in [0.25, 0.3) is 5.91 Å². The summed E-state index contributed by atoms with van der Waals surface area (Å²) in [6.45, 7) is 1.68. The van der Waals surface area contributed by atoms with Gasteiger partial charge in [-0.3, -0.25) is 4.79 Å². The van der Waals surface area contributed by atoms with Crippen molar-refractivity contribution in [2.75, 3.05) is 19.9 Å². The van der Waals surface area contributed by atoms with Crippen LogP contribution in [0, 0.1) is 0 Å². The highest BCUT2D eigenvalue weighted by atomic mass is 79.9. The molecule has 0 saturated carbocycles. The van der Waals surface area contributed by atoms with Crippen LogP contribution in [0.1, 0.15) is 28.3 Å². The van der Waals surface area contributed by atoms with Crippen molar-refractivity contribution >= 4 is 33.4 Å². The molecule has 0 bridgehead atoms. The molecule has 2 aromatic rings. The van der Waals surface area contributed by atoms with Gasteiger partial charge in [0.1, 0.15) is 0 Å². The molecular formula is C18H15BrClNO3. The minimum atomic E-state index is -0.0236. The van der Waals surface area contributed by atoms with Gasteiger partial charge in [-0.05, 0) is 42.3 Å². The molecule has 0 spiro atoms. The second kappa shape index (κ2) is 6.30. The SMILES string of the molecule is O=C(c1cc(Br)ccc1Cl)N1CCC(c2ccc3c(c2)OCO3)C1. The Hall–Kier alpha value is -1.72. The summed E-state index contributed by atoms with van der Waals surface area (Å²) in [5, 5.41) is 0.481. The highest BCUT2D eigenvalue weighted by Crippen LogP contribution is 2.37. The lowest BCUT2D eigenvalue weighted by Crippen LogP contribution is -2.28. The van der Waals surface area contributed by atoms with Gasteiger partial charge in [0, 0.05) is 23.5 Å². The fourth-order valence-electron chi connectivity index (χ4n) is 3.22. The standard InChI is InChI=1S/C18H15BrClNO3/c19-13-2-3-15(20)14(8-13)18(22)21-6-5-12(9-21)11-1-4-16-17(7-11)24-10-23-16/h1-4,7-8,12H,5-6,9-10H2. The molecule has 1 atom stereocenters. The Kier molecular flexibility index (Phi) is 4.14. The molecule has 1 unspecified atom stereocenters. The number of carbonyl (C=O) groups excluding carboxylic acids is 1. The van der Waals surface area contributed by atoms with Crippen molar-refractivity contribution in [2.45, 2.75) is 12.3 Å². The lowest BCUT2D eigenvalue weighted by Gasteiger charge is -2.18. The molecule has 1 saturated heterocycles. The van der Waals surface area contributed by atoms with Crippen LogP contribution < -0.4 is 9.47 Å². The highest BCUT2D eigenvalue weighted by molar-refractivity contribution is 9.10. The average molecular weight is 409 g/mol. The minimum Gasteiger partial charge on any atom is -0.454 e. The van der Waals surface area contributed by atoms with Crippen molar-refractivity contribution in [1.82, 2.24) is 4.90 Å². The van der Waals surface area contributed by atoms with Crippen molar-refractivity contribution in [3.05, 3.63) is 57.0 Å². The van der Waals surface area contributed by atoms with E-state index >= 15 is 0 Å². The number of carbonyl (C=O) groups is 1. The number of nitrogens with zero attached hydrogens (tertiary/aromatic N) is 1. The van der Waals surface area contributed by atoms with Crippen LogP contribution in [0.15, 0.2) is 40.9 Å². The molecule has 2 aliphatic heterocycles. The number of likely N-dealkylation sites (tertiary alicyclic amines) is 1. The van der Waals surface area contributed by atoms with Gasteiger partial charge in [-0.15, -0.1) is 0 Å². The molecule has 0 radical (unpaired) electrons. The van der Waals surface area contributed by atoms with E-state index in [4.69, 9.17) is 21.1 Å². The summed E-state index contributed by atoms with van der Waals surface area (Å²) in [4.78, 5) is 14.6. The molecule has 6 heteroatoms. The monoisotopic (exact) mass is 407 g/mol. The maximum Gasteiger partial charge on any atom is 0.255 e. The molecule has 0 N–H and O–H groups in total. The van der Waals surface area contributed by atoms with E-state index in [0.717, 1.165) is 28.9 Å². The molecule has 2 aliphatic rings. The minimum absolute atomic E-state index is 0.0236. The van der Waals surface area contributed by atoms with Crippen molar-refractivity contribution in [3.8, 4) is 11.5 Å². The first-order valence-electron chi connectivity index (χ1n) is 7.75. The van der Waals surface area contributed by atoms with E-state index in [1.165, 1.54) is 5.56 Å². The topological polar surface area (TPSA) is 38.8 Å². The third-order valence-electron chi connectivity index (χ3n) is 4.50. The van der Waals surface area contributed by atoms with Gasteiger partial charge in [-0.1, -0.05) is 33.6 Å². The predicted octanol–water partition coefficient (Wildman–Crippen LogP) is 4.46. The van der Waals surface area contributed by atoms with Gasteiger partial charge in [0.15, 0.2) is 11.5 Å². The van der Waals surface area contributed by atoms with Crippen LogP contribution >= 0.6 is 27.5 Å². The zero-order chi connectivity index (χ0) is 16.7. The lowest BCUT2D eigenvalue weighted by molar-refractivity contribution is 0.0791. The van der Waals surface area contributed by atoms with Gasteiger partial charge in [-0.2, -0.15) is 0 Å². The molecule has 4 nitrogen and oxygen atoms in total. The van der Waals surface area contributed by atoms with Crippen molar-refractivity contribution in [3.63, 3.8) is 0 Å². The molecule has 4 rings (SSSR count). The molecule has 0 aliphatic carbocycles. The summed E-state index contributed by atoms with van der Waals surface area (Å²) in [5.41, 5.74) is 1.72. The van der Waals surface area contributed by atoms with Crippen LogP contribution in [0.2, 0.25) is 5.02 Å². The van der Waals surface area contributed by atoms with Crippen molar-refractivity contribution < 1.29 is 14.3 Å². The smallest absolute Gasteiger partial charge is 0.255 e. The number of fused-ring (bicyclic) bond motifs is 1. The normalized spacial score (nSPS) is 18.9. The van der Waals surface area contributed by atoms with Crippen LogP contribution in [0.5, 0.6) is 11.5 Å². The zero-order valence-corrected chi connectivity index (χ0v) is 15.1. The Balaban J connectivity index is 1.52. The Morgan fingerprint density at radius 3 is 2.88 bits per heavy atom. The molecule has 2 heterocycles. The van der Waals surface area contributed by atoms with Crippen LogP contribution in [0.25, 0.3) is 0 Å². The van der Waals surface area contributed by atoms with E-state index < -0.39 is 0 Å². The summed E-state index contributed by atoms with van der Waals surface area (Å²) in [6, 6.07) is 11.4. The number of ether oxygens (including phenoxy) is 2. The first-order valence-corrected chi connectivity index (χ1v) is 8.93. The Labute approximate surface area is 153 Å². The molecular weight excluding hydrogens is 394 g/mol. The van der Waals surface area contributed by atoms with Crippen LogP contribution in [-0.4, -0.2) is 30.7 Å². The molecule has 1 fully saturated rings. The van der Waals surface area contributed by atoms with Gasteiger partial charge < -0.3 is 14.4 Å². The fraction of sp³-hybridized carbons (Fsp3) is 0.278. The van der Waals surface area contributed by atoms with E-state index in [1.807, 2.05) is 23.1 Å². The third kappa shape index (κ3) is 2.87. The van der Waals surface area contributed by atoms with Gasteiger partial charge >= 0.3 is 0 Å². The van der Waals surface area contributed by atoms with Gasteiger partial charge in [0.05, 0.1) is 10.6 Å². The van der Waals surface area contributed by atoms with E-state index in [9.17, 15) is 4.79 Å². The van der Waals surface area contributed by atoms with E-state index in [2.05, 4.69) is 22.0 Å². The maximum atomic E-state index is 12.8. The third-order valence-corrected chi connectivity index (χ3v) is 5.33. The molecule has 124 valence electrons. The fourth-order valence-corrected chi connectivity index (χ4v) is 3.78. The van der Waals surface area contributed by atoms with Crippen LogP contribution in [-0.2, 0) is 0 Å². The highest BCUT2D eigenvalue weighted by Gasteiger charge is 2.30. The van der Waals surface area contributed by atoms with Gasteiger partial charge in [-0.25, -0.2) is 0 Å². The van der Waals surface area contributed by atoms with Crippen LogP contribution in [0.4, 0.5) is 0 Å². The summed E-state index contributed by atoms with van der Waals surface area (Å²) in [7, 11) is 0. The summed E-state index contributed by atoms with van der Waals surface area (Å²) in [5.74, 6) is 1.84. The number of benzene rings is 2. The Bertz CT molecular complexity index is 811. The number of amides is 1. The molecule has 1 amide bonds. The maximum absolute atomic E-state index is 12.8.